The summed E-state index contributed by atoms with van der Waals surface area (Å²) in [7, 11) is 0. The van der Waals surface area contributed by atoms with E-state index in [0.29, 0.717) is 6.54 Å². The van der Waals surface area contributed by atoms with Gasteiger partial charge >= 0.3 is 0 Å². The third-order valence-electron chi connectivity index (χ3n) is 3.16. The Kier molecular flexibility index (Phi) is 6.24. The first kappa shape index (κ1) is 16.7. The van der Waals surface area contributed by atoms with E-state index in [2.05, 4.69) is 5.32 Å². The van der Waals surface area contributed by atoms with E-state index < -0.39 is 24.4 Å². The number of piperidine rings is 1. The van der Waals surface area contributed by atoms with E-state index in [9.17, 15) is 14.7 Å². The van der Waals surface area contributed by atoms with Gasteiger partial charge in [-0.2, -0.15) is 0 Å². The normalized spacial score (nSPS) is 33.1. The van der Waals surface area contributed by atoms with Crippen LogP contribution in [0.15, 0.2) is 12.2 Å². The Bertz CT molecular complexity index is 366. The van der Waals surface area contributed by atoms with E-state index in [1.807, 2.05) is 0 Å². The summed E-state index contributed by atoms with van der Waals surface area (Å²) in [6, 6.07) is -0.534. The largest absolute Gasteiger partial charge is 0.395 e. The topological polar surface area (TPSA) is 130 Å². The minimum Gasteiger partial charge on any atom is -0.395 e. The number of nitrogens with one attached hydrogen (secondary N) is 1. The Hall–Kier alpha value is -1.32. The molecule has 20 heavy (non-hydrogen) atoms. The molecule has 114 valence electrons. The summed E-state index contributed by atoms with van der Waals surface area (Å²) in [5.41, 5.74) is 0. The lowest BCUT2D eigenvalue weighted by Crippen LogP contribution is -2.60. The molecule has 2 amide bonds. The van der Waals surface area contributed by atoms with E-state index in [1.54, 1.807) is 6.92 Å². The van der Waals surface area contributed by atoms with E-state index in [0.717, 1.165) is 0 Å². The maximum Gasteiger partial charge on any atom is 0.253 e. The Balaban J connectivity index is 0.000000204. The van der Waals surface area contributed by atoms with Gasteiger partial charge in [0.25, 0.3) is 11.8 Å². The number of amides is 2. The number of carbonyl (C=O) groups excluding carboxylic acids is 2. The number of likely N-dealkylation sites (N-methyl/N-ethyl adjacent to an activating group) is 1. The molecule has 2 heterocycles. The quantitative estimate of drug-likeness (QED) is 0.342. The Morgan fingerprint density at radius 1 is 1.20 bits per heavy atom. The van der Waals surface area contributed by atoms with E-state index >= 15 is 0 Å². The van der Waals surface area contributed by atoms with Crippen LogP contribution in [0.25, 0.3) is 0 Å². The summed E-state index contributed by atoms with van der Waals surface area (Å²) >= 11 is 0. The molecule has 0 bridgehead atoms. The third-order valence-corrected chi connectivity index (χ3v) is 3.16. The Morgan fingerprint density at radius 2 is 1.75 bits per heavy atom. The highest BCUT2D eigenvalue weighted by molar-refractivity contribution is 6.12. The van der Waals surface area contributed by atoms with Gasteiger partial charge in [0, 0.05) is 25.2 Å². The molecular formula is C12H20N2O6. The highest BCUT2D eigenvalue weighted by atomic mass is 16.4. The summed E-state index contributed by atoms with van der Waals surface area (Å²) in [5, 5.41) is 38.6. The van der Waals surface area contributed by atoms with Crippen LogP contribution in [-0.2, 0) is 9.59 Å². The van der Waals surface area contributed by atoms with E-state index in [1.165, 1.54) is 17.1 Å². The van der Waals surface area contributed by atoms with Crippen LogP contribution in [0.2, 0.25) is 0 Å². The van der Waals surface area contributed by atoms with Gasteiger partial charge in [-0.3, -0.25) is 14.5 Å². The second kappa shape index (κ2) is 7.46. The predicted octanol–water partition coefficient (Wildman–Crippen LogP) is -3.04. The predicted molar refractivity (Wildman–Crippen MR) is 68.4 cm³/mol. The van der Waals surface area contributed by atoms with Crippen LogP contribution < -0.4 is 5.32 Å². The first-order chi connectivity index (χ1) is 9.42. The van der Waals surface area contributed by atoms with Crippen LogP contribution >= 0.6 is 0 Å². The lowest BCUT2D eigenvalue weighted by molar-refractivity contribution is -0.136. The number of rotatable bonds is 2. The minimum atomic E-state index is -1.16. The van der Waals surface area contributed by atoms with Crippen molar-refractivity contribution in [2.45, 2.75) is 31.3 Å². The van der Waals surface area contributed by atoms with E-state index in [4.69, 9.17) is 15.3 Å². The zero-order chi connectivity index (χ0) is 15.3. The van der Waals surface area contributed by atoms with Crippen molar-refractivity contribution in [2.75, 3.05) is 19.7 Å². The molecule has 0 aromatic carbocycles. The number of imide groups is 1. The first-order valence-corrected chi connectivity index (χ1v) is 6.34. The van der Waals surface area contributed by atoms with Crippen LogP contribution in [0.1, 0.15) is 6.92 Å². The van der Waals surface area contributed by atoms with Crippen molar-refractivity contribution in [3.05, 3.63) is 12.2 Å². The Morgan fingerprint density at radius 3 is 2.15 bits per heavy atom. The number of β-amino-alcohol motifs (C(OH)–C–C–N with tert-alkyl or cyclic N) is 1. The van der Waals surface area contributed by atoms with Crippen molar-refractivity contribution in [3.8, 4) is 0 Å². The summed E-state index contributed by atoms with van der Waals surface area (Å²) in [5.74, 6) is -0.412. The number of aliphatic hydroxyl groups excluding tert-OH is 4. The molecule has 1 saturated heterocycles. The van der Waals surface area contributed by atoms with Gasteiger partial charge in [0.05, 0.1) is 24.9 Å². The lowest BCUT2D eigenvalue weighted by Gasteiger charge is -2.34. The fourth-order valence-corrected chi connectivity index (χ4v) is 1.89. The van der Waals surface area contributed by atoms with Gasteiger partial charge in [-0.25, -0.2) is 0 Å². The second-order valence-corrected chi connectivity index (χ2v) is 4.50. The first-order valence-electron chi connectivity index (χ1n) is 6.34. The highest BCUT2D eigenvalue weighted by Crippen LogP contribution is 2.09. The maximum absolute atomic E-state index is 10.6. The molecule has 0 aliphatic carbocycles. The molecule has 1 fully saturated rings. The van der Waals surface area contributed by atoms with Crippen molar-refractivity contribution < 1.29 is 30.0 Å². The molecule has 0 spiro atoms. The molecule has 2 aliphatic rings. The standard InChI is InChI=1S/C6H13NO4.C6H7NO2/c8-2-3-5(10)6(11)4(9)1-7-3;1-2-7-5(8)3-4-6(7)9/h3-11H,1-2H2;3-4H,2H2,1H3/t3-,4+,5-,6-;/m1./s1. The molecular weight excluding hydrogens is 268 g/mol. The molecule has 5 N–H and O–H groups in total. The monoisotopic (exact) mass is 288 g/mol. The molecule has 0 saturated carbocycles. The van der Waals surface area contributed by atoms with Gasteiger partial charge in [-0.05, 0) is 6.92 Å². The van der Waals surface area contributed by atoms with Gasteiger partial charge < -0.3 is 25.7 Å². The average molecular weight is 288 g/mol. The fourth-order valence-electron chi connectivity index (χ4n) is 1.89. The fraction of sp³-hybridized carbons (Fsp3) is 0.667. The highest BCUT2D eigenvalue weighted by Gasteiger charge is 2.35. The van der Waals surface area contributed by atoms with E-state index in [-0.39, 0.29) is 25.0 Å². The van der Waals surface area contributed by atoms with Crippen molar-refractivity contribution in [3.63, 3.8) is 0 Å². The van der Waals surface area contributed by atoms with Crippen molar-refractivity contribution in [1.29, 1.82) is 0 Å². The summed E-state index contributed by atoms with van der Waals surface area (Å²) < 4.78 is 0. The van der Waals surface area contributed by atoms with Crippen LogP contribution in [0.5, 0.6) is 0 Å². The summed E-state index contributed by atoms with van der Waals surface area (Å²) in [6.07, 6.45) is -0.637. The van der Waals surface area contributed by atoms with Crippen LogP contribution in [0, 0.1) is 0 Å². The zero-order valence-electron chi connectivity index (χ0n) is 11.1. The van der Waals surface area contributed by atoms with Crippen LogP contribution in [-0.4, -0.2) is 81.2 Å². The SMILES string of the molecule is CCN1C(=O)C=CC1=O.OC[C@H]1NC[C@H](O)[C@@H](O)[C@@H]1O. The minimum absolute atomic E-state index is 0.198. The van der Waals surface area contributed by atoms with Crippen LogP contribution in [0.3, 0.4) is 0 Å². The molecule has 8 heteroatoms. The number of carbonyl (C=O) groups is 2. The van der Waals surface area contributed by atoms with Gasteiger partial charge in [-0.15, -0.1) is 0 Å². The zero-order valence-corrected chi connectivity index (χ0v) is 11.1. The van der Waals surface area contributed by atoms with Crippen molar-refractivity contribution in [1.82, 2.24) is 10.2 Å². The maximum atomic E-state index is 10.6. The molecule has 2 aliphatic heterocycles. The van der Waals surface area contributed by atoms with Crippen molar-refractivity contribution >= 4 is 11.8 Å². The van der Waals surface area contributed by atoms with Gasteiger partial charge in [-0.1, -0.05) is 0 Å². The number of nitrogens with zero attached hydrogens (tertiary/aromatic N) is 1. The number of hydrogen-bond acceptors (Lipinski definition) is 7. The second-order valence-electron chi connectivity index (χ2n) is 4.50. The summed E-state index contributed by atoms with van der Waals surface area (Å²) in [6.45, 7) is 2.18. The summed E-state index contributed by atoms with van der Waals surface area (Å²) in [4.78, 5) is 22.4. The van der Waals surface area contributed by atoms with Gasteiger partial charge in [0.15, 0.2) is 0 Å². The van der Waals surface area contributed by atoms with Crippen LogP contribution in [0.4, 0.5) is 0 Å². The molecule has 8 nitrogen and oxygen atoms in total. The van der Waals surface area contributed by atoms with Crippen molar-refractivity contribution in [2.24, 2.45) is 0 Å². The Labute approximate surface area is 116 Å². The molecule has 0 radical (unpaired) electrons. The van der Waals surface area contributed by atoms with Gasteiger partial charge in [0.2, 0.25) is 0 Å². The molecule has 4 atom stereocenters. The molecule has 2 rings (SSSR count). The smallest absolute Gasteiger partial charge is 0.253 e. The number of aliphatic hydroxyl groups is 4. The molecule has 0 aromatic heterocycles. The van der Waals surface area contributed by atoms with Gasteiger partial charge in [0.1, 0.15) is 6.10 Å². The molecule has 0 unspecified atom stereocenters. The average Bonchev–Trinajstić information content (AvgIpc) is 2.76. The third kappa shape index (κ3) is 3.84. The molecule has 0 aromatic rings. The lowest BCUT2D eigenvalue weighted by atomic mass is 9.97. The number of hydrogen-bond donors (Lipinski definition) is 5.